The zero-order valence-electron chi connectivity index (χ0n) is 12.6. The van der Waals surface area contributed by atoms with Crippen LogP contribution in [0.2, 0.25) is 0 Å². The predicted molar refractivity (Wildman–Crippen MR) is 87.5 cm³/mol. The summed E-state index contributed by atoms with van der Waals surface area (Å²) in [6.07, 6.45) is 1.67. The second-order valence-corrected chi connectivity index (χ2v) is 4.81. The molecule has 0 aliphatic carbocycles. The van der Waals surface area contributed by atoms with Crippen molar-refractivity contribution in [2.45, 2.75) is 13.5 Å². The van der Waals surface area contributed by atoms with E-state index in [9.17, 15) is 14.9 Å². The summed E-state index contributed by atoms with van der Waals surface area (Å²) in [5.41, 5.74) is 2.82. The highest BCUT2D eigenvalue weighted by Crippen LogP contribution is 2.20. The Labute approximate surface area is 133 Å². The first-order valence-electron chi connectivity index (χ1n) is 6.95. The predicted octanol–water partition coefficient (Wildman–Crippen LogP) is 3.99. The van der Waals surface area contributed by atoms with Crippen LogP contribution in [-0.4, -0.2) is 11.0 Å². The summed E-state index contributed by atoms with van der Waals surface area (Å²) in [6.45, 7) is 1.94. The highest BCUT2D eigenvalue weighted by atomic mass is 16.6. The quantitative estimate of drug-likeness (QED) is 0.668. The van der Waals surface area contributed by atoms with Crippen molar-refractivity contribution in [2.24, 2.45) is 0 Å². The van der Waals surface area contributed by atoms with E-state index < -0.39 is 11.0 Å². The average molecular weight is 312 g/mol. The fourth-order valence-corrected chi connectivity index (χ4v) is 1.98. The van der Waals surface area contributed by atoms with Crippen LogP contribution in [0.5, 0.6) is 0 Å². The Kier molecular flexibility index (Phi) is 5.46. The van der Waals surface area contributed by atoms with Gasteiger partial charge in [-0.1, -0.05) is 42.5 Å². The van der Waals surface area contributed by atoms with Gasteiger partial charge in [0.15, 0.2) is 0 Å². The van der Waals surface area contributed by atoms with E-state index in [2.05, 4.69) is 5.32 Å². The smallest absolute Gasteiger partial charge is 0.411 e. The first-order valence-corrected chi connectivity index (χ1v) is 6.95. The molecule has 1 N–H and O–H groups in total. The largest absolute Gasteiger partial charge is 0.444 e. The summed E-state index contributed by atoms with van der Waals surface area (Å²) in [5.74, 6) is 0. The van der Waals surface area contributed by atoms with Crippen molar-refractivity contribution in [2.75, 3.05) is 5.32 Å². The van der Waals surface area contributed by atoms with Gasteiger partial charge in [0, 0.05) is 11.8 Å². The molecule has 6 heteroatoms. The zero-order valence-corrected chi connectivity index (χ0v) is 12.6. The minimum atomic E-state index is -0.577. The zero-order chi connectivity index (χ0) is 16.7. The van der Waals surface area contributed by atoms with Crippen LogP contribution in [0, 0.1) is 17.0 Å². The number of carbonyl (C=O) groups excluding carboxylic acids is 1. The summed E-state index contributed by atoms with van der Waals surface area (Å²) >= 11 is 0. The molecule has 0 spiro atoms. The van der Waals surface area contributed by atoms with Crippen molar-refractivity contribution < 1.29 is 14.5 Å². The third kappa shape index (κ3) is 4.96. The van der Waals surface area contributed by atoms with E-state index in [4.69, 9.17) is 4.74 Å². The summed E-state index contributed by atoms with van der Waals surface area (Å²) in [6, 6.07) is 14.5. The Hall–Kier alpha value is -3.15. The molecule has 6 nitrogen and oxygen atoms in total. The van der Waals surface area contributed by atoms with Crippen molar-refractivity contribution in [3.8, 4) is 0 Å². The van der Waals surface area contributed by atoms with Gasteiger partial charge in [-0.15, -0.1) is 0 Å². The molecule has 2 rings (SSSR count). The van der Waals surface area contributed by atoms with E-state index in [1.165, 1.54) is 6.08 Å². The standard InChI is InChI=1S/C17H16N2O4/c1-13-15(10-11-19(21)22)8-5-9-16(13)18-17(20)23-12-14-6-3-2-4-7-14/h2-11H,12H2,1H3,(H,18,20). The third-order valence-corrected chi connectivity index (χ3v) is 3.20. The van der Waals surface area contributed by atoms with Crippen LogP contribution in [0.15, 0.2) is 54.7 Å². The van der Waals surface area contributed by atoms with Gasteiger partial charge in [0.05, 0.1) is 4.92 Å². The Morgan fingerprint density at radius 2 is 1.96 bits per heavy atom. The number of benzene rings is 2. The Morgan fingerprint density at radius 1 is 1.22 bits per heavy atom. The molecule has 0 aromatic heterocycles. The molecule has 0 heterocycles. The van der Waals surface area contributed by atoms with Crippen LogP contribution in [0.25, 0.3) is 6.08 Å². The lowest BCUT2D eigenvalue weighted by atomic mass is 10.1. The minimum Gasteiger partial charge on any atom is -0.444 e. The Bertz CT molecular complexity index is 727. The number of rotatable bonds is 5. The third-order valence-electron chi connectivity index (χ3n) is 3.20. The van der Waals surface area contributed by atoms with Crippen LogP contribution in [0.1, 0.15) is 16.7 Å². The van der Waals surface area contributed by atoms with Crippen molar-refractivity contribution >= 4 is 17.9 Å². The Balaban J connectivity index is 2.00. The van der Waals surface area contributed by atoms with Gasteiger partial charge >= 0.3 is 6.09 Å². The number of carbonyl (C=O) groups is 1. The number of anilines is 1. The lowest BCUT2D eigenvalue weighted by Crippen LogP contribution is -2.14. The molecule has 0 aliphatic rings. The molecule has 2 aromatic carbocycles. The molecule has 2 aromatic rings. The van der Waals surface area contributed by atoms with Gasteiger partial charge in [-0.3, -0.25) is 15.4 Å². The molecule has 0 atom stereocenters. The maximum atomic E-state index is 11.9. The normalized spacial score (nSPS) is 10.5. The van der Waals surface area contributed by atoms with Gasteiger partial charge in [0.1, 0.15) is 6.61 Å². The van der Waals surface area contributed by atoms with E-state index in [-0.39, 0.29) is 6.61 Å². The monoisotopic (exact) mass is 312 g/mol. The second-order valence-electron chi connectivity index (χ2n) is 4.81. The molecule has 118 valence electrons. The number of hydrogen-bond acceptors (Lipinski definition) is 4. The lowest BCUT2D eigenvalue weighted by molar-refractivity contribution is -0.400. The van der Waals surface area contributed by atoms with E-state index in [1.54, 1.807) is 25.1 Å². The van der Waals surface area contributed by atoms with Crippen molar-refractivity contribution in [1.29, 1.82) is 0 Å². The highest BCUT2D eigenvalue weighted by Gasteiger charge is 2.08. The molecule has 0 bridgehead atoms. The summed E-state index contributed by atoms with van der Waals surface area (Å²) in [4.78, 5) is 21.7. The number of nitrogens with zero attached hydrogens (tertiary/aromatic N) is 1. The first-order chi connectivity index (χ1) is 11.1. The Morgan fingerprint density at radius 3 is 2.65 bits per heavy atom. The first kappa shape index (κ1) is 16.2. The topological polar surface area (TPSA) is 81.5 Å². The molecular weight excluding hydrogens is 296 g/mol. The number of ether oxygens (including phenoxy) is 1. The van der Waals surface area contributed by atoms with Crippen molar-refractivity contribution in [3.63, 3.8) is 0 Å². The van der Waals surface area contributed by atoms with E-state index >= 15 is 0 Å². The van der Waals surface area contributed by atoms with Gasteiger partial charge in [0.25, 0.3) is 0 Å². The molecule has 0 unspecified atom stereocenters. The number of hydrogen-bond donors (Lipinski definition) is 1. The maximum Gasteiger partial charge on any atom is 0.411 e. The van der Waals surface area contributed by atoms with E-state index in [1.807, 2.05) is 30.3 Å². The molecule has 0 fully saturated rings. The van der Waals surface area contributed by atoms with Gasteiger partial charge in [0.2, 0.25) is 6.20 Å². The maximum absolute atomic E-state index is 11.9. The van der Waals surface area contributed by atoms with Gasteiger partial charge in [-0.25, -0.2) is 4.79 Å². The van der Waals surface area contributed by atoms with Crippen LogP contribution in [0.3, 0.4) is 0 Å². The van der Waals surface area contributed by atoms with E-state index in [0.29, 0.717) is 11.3 Å². The van der Waals surface area contributed by atoms with Gasteiger partial charge in [-0.05, 0) is 29.7 Å². The highest BCUT2D eigenvalue weighted by molar-refractivity contribution is 5.86. The molecule has 0 saturated heterocycles. The molecule has 1 amide bonds. The molecule has 0 aliphatic heterocycles. The van der Waals surface area contributed by atoms with Crippen molar-refractivity contribution in [1.82, 2.24) is 0 Å². The van der Waals surface area contributed by atoms with Crippen LogP contribution in [0.4, 0.5) is 10.5 Å². The fraction of sp³-hybridized carbons (Fsp3) is 0.118. The van der Waals surface area contributed by atoms with Gasteiger partial charge in [-0.2, -0.15) is 0 Å². The summed E-state index contributed by atoms with van der Waals surface area (Å²) in [5, 5.41) is 13.0. The van der Waals surface area contributed by atoms with Crippen LogP contribution in [-0.2, 0) is 11.3 Å². The van der Waals surface area contributed by atoms with Crippen LogP contribution >= 0.6 is 0 Å². The number of nitro groups is 1. The lowest BCUT2D eigenvalue weighted by Gasteiger charge is -2.11. The molecule has 23 heavy (non-hydrogen) atoms. The average Bonchev–Trinajstić information content (AvgIpc) is 2.54. The van der Waals surface area contributed by atoms with E-state index in [0.717, 1.165) is 17.3 Å². The molecule has 0 saturated carbocycles. The second kappa shape index (κ2) is 7.74. The fourth-order valence-electron chi connectivity index (χ4n) is 1.98. The summed E-state index contributed by atoms with van der Waals surface area (Å²) < 4.78 is 5.15. The molecular formula is C17H16N2O4. The van der Waals surface area contributed by atoms with Crippen molar-refractivity contribution in [3.05, 3.63) is 81.5 Å². The number of nitrogens with one attached hydrogen (secondary N) is 1. The van der Waals surface area contributed by atoms with Crippen LogP contribution < -0.4 is 5.32 Å². The summed E-state index contributed by atoms with van der Waals surface area (Å²) in [7, 11) is 0. The van der Waals surface area contributed by atoms with Gasteiger partial charge < -0.3 is 4.74 Å². The SMILES string of the molecule is Cc1c(C=C[N+](=O)[O-])cccc1NC(=O)OCc1ccccc1. The molecule has 0 radical (unpaired) electrons. The minimum absolute atomic E-state index is 0.173. The number of amides is 1.